The van der Waals surface area contributed by atoms with Crippen molar-refractivity contribution in [2.45, 2.75) is 32.1 Å². The maximum absolute atomic E-state index is 11.4. The van der Waals surface area contributed by atoms with Crippen LogP contribution in [0.2, 0.25) is 0 Å². The minimum atomic E-state index is -0.891. The van der Waals surface area contributed by atoms with Crippen molar-refractivity contribution in [1.82, 2.24) is 0 Å². The van der Waals surface area contributed by atoms with Gasteiger partial charge in [0.2, 0.25) is 5.91 Å². The first-order chi connectivity index (χ1) is 9.63. The molecule has 0 spiro atoms. The second kappa shape index (κ2) is 5.12. The number of benzene rings is 1. The van der Waals surface area contributed by atoms with E-state index < -0.39 is 5.97 Å². The van der Waals surface area contributed by atoms with Crippen molar-refractivity contribution in [2.75, 3.05) is 5.32 Å². The van der Waals surface area contributed by atoms with Gasteiger partial charge in [-0.05, 0) is 54.0 Å². The average molecular weight is 271 g/mol. The number of hydrogen-bond donors (Lipinski definition) is 2. The highest BCUT2D eigenvalue weighted by Gasteiger charge is 2.25. The maximum atomic E-state index is 11.4. The van der Waals surface area contributed by atoms with E-state index in [1.54, 1.807) is 0 Å². The predicted octanol–water partition coefficient (Wildman–Crippen LogP) is 2.84. The van der Waals surface area contributed by atoms with Crippen LogP contribution in [0.25, 0.3) is 5.57 Å². The standard InChI is InChI=1S/C16H17NO3/c18-15-7-5-12-8-11(4-6-14(12)17-15)13(9-16(19)20)10-2-1-3-10/h4,6,8-10H,1-3,5,7H2,(H,17,18)(H,19,20)/b13-9+. The fourth-order valence-electron chi connectivity index (χ4n) is 2.85. The Bertz CT molecular complexity index is 600. The number of carboxylic acids is 1. The number of anilines is 1. The molecule has 1 aliphatic carbocycles. The summed E-state index contributed by atoms with van der Waals surface area (Å²) in [5, 5.41) is 11.9. The summed E-state index contributed by atoms with van der Waals surface area (Å²) in [5.41, 5.74) is 3.85. The van der Waals surface area contributed by atoms with Crippen LogP contribution in [0, 0.1) is 5.92 Å². The van der Waals surface area contributed by atoms with Crippen LogP contribution in [0.4, 0.5) is 5.69 Å². The van der Waals surface area contributed by atoms with Gasteiger partial charge in [0, 0.05) is 18.2 Å². The Morgan fingerprint density at radius 2 is 2.10 bits per heavy atom. The van der Waals surface area contributed by atoms with Gasteiger partial charge in [-0.25, -0.2) is 4.79 Å². The Hall–Kier alpha value is -2.10. The number of rotatable bonds is 3. The fraction of sp³-hybridized carbons (Fsp3) is 0.375. The number of fused-ring (bicyclic) bond motifs is 1. The average Bonchev–Trinajstić information content (AvgIpc) is 2.34. The highest BCUT2D eigenvalue weighted by molar-refractivity contribution is 5.95. The van der Waals surface area contributed by atoms with Crippen molar-refractivity contribution in [2.24, 2.45) is 5.92 Å². The van der Waals surface area contributed by atoms with Crippen molar-refractivity contribution in [1.29, 1.82) is 0 Å². The van der Waals surface area contributed by atoms with Gasteiger partial charge in [0.25, 0.3) is 0 Å². The SMILES string of the molecule is O=C(O)/C=C(/c1ccc2c(c1)CCC(=O)N2)C1CCC1. The number of amides is 1. The number of carboxylic acid groups (broad SMARTS) is 1. The number of aliphatic carboxylic acids is 1. The van der Waals surface area contributed by atoms with Gasteiger partial charge in [-0.3, -0.25) is 4.79 Å². The van der Waals surface area contributed by atoms with E-state index in [9.17, 15) is 9.59 Å². The Kier molecular flexibility index (Phi) is 3.30. The summed E-state index contributed by atoms with van der Waals surface area (Å²) in [6.45, 7) is 0. The number of carbonyl (C=O) groups excluding carboxylic acids is 1. The molecule has 4 nitrogen and oxygen atoms in total. The second-order valence-corrected chi connectivity index (χ2v) is 5.49. The van der Waals surface area contributed by atoms with Gasteiger partial charge in [-0.1, -0.05) is 12.5 Å². The lowest BCUT2D eigenvalue weighted by molar-refractivity contribution is -0.131. The van der Waals surface area contributed by atoms with Crippen LogP contribution in [0.3, 0.4) is 0 Å². The molecule has 1 aromatic carbocycles. The summed E-state index contributed by atoms with van der Waals surface area (Å²) in [6.07, 6.45) is 5.85. The largest absolute Gasteiger partial charge is 0.478 e. The quantitative estimate of drug-likeness (QED) is 0.831. The molecule has 0 bridgehead atoms. The summed E-state index contributed by atoms with van der Waals surface area (Å²) in [5.74, 6) is -0.481. The number of carbonyl (C=O) groups is 2. The molecule has 20 heavy (non-hydrogen) atoms. The topological polar surface area (TPSA) is 66.4 Å². The summed E-state index contributed by atoms with van der Waals surface area (Å²) in [4.78, 5) is 22.4. The molecule has 2 N–H and O–H groups in total. The van der Waals surface area contributed by atoms with Crippen LogP contribution in [-0.2, 0) is 16.0 Å². The van der Waals surface area contributed by atoms with Crippen LogP contribution < -0.4 is 5.32 Å². The van der Waals surface area contributed by atoms with Crippen LogP contribution in [0.5, 0.6) is 0 Å². The van der Waals surface area contributed by atoms with E-state index in [1.807, 2.05) is 18.2 Å². The van der Waals surface area contributed by atoms with E-state index in [-0.39, 0.29) is 5.91 Å². The monoisotopic (exact) mass is 271 g/mol. The molecule has 0 radical (unpaired) electrons. The molecule has 1 aliphatic heterocycles. The van der Waals surface area contributed by atoms with Gasteiger partial charge >= 0.3 is 5.97 Å². The van der Waals surface area contributed by atoms with Gasteiger partial charge < -0.3 is 10.4 Å². The van der Waals surface area contributed by atoms with Crippen LogP contribution in [0.15, 0.2) is 24.3 Å². The Morgan fingerprint density at radius 3 is 2.75 bits per heavy atom. The molecule has 104 valence electrons. The molecule has 2 aliphatic rings. The van der Waals surface area contributed by atoms with Crippen LogP contribution in [-0.4, -0.2) is 17.0 Å². The van der Waals surface area contributed by atoms with E-state index >= 15 is 0 Å². The van der Waals surface area contributed by atoms with Gasteiger partial charge in [0.1, 0.15) is 0 Å². The molecule has 1 saturated carbocycles. The number of nitrogens with one attached hydrogen (secondary N) is 1. The lowest BCUT2D eigenvalue weighted by Crippen LogP contribution is -2.19. The number of hydrogen-bond acceptors (Lipinski definition) is 2. The van der Waals surface area contributed by atoms with Gasteiger partial charge in [0.15, 0.2) is 0 Å². The molecule has 0 atom stereocenters. The molecule has 0 aromatic heterocycles. The summed E-state index contributed by atoms with van der Waals surface area (Å²) in [7, 11) is 0. The van der Waals surface area contributed by atoms with Crippen molar-refractivity contribution in [3.8, 4) is 0 Å². The molecular formula is C16H17NO3. The Labute approximate surface area is 117 Å². The number of allylic oxidation sites excluding steroid dienone is 1. The Balaban J connectivity index is 1.95. The molecule has 1 amide bonds. The third-order valence-electron chi connectivity index (χ3n) is 4.16. The minimum Gasteiger partial charge on any atom is -0.478 e. The van der Waals surface area contributed by atoms with Crippen LogP contribution in [0.1, 0.15) is 36.8 Å². The third-order valence-corrected chi connectivity index (χ3v) is 4.16. The second-order valence-electron chi connectivity index (χ2n) is 5.49. The lowest BCUT2D eigenvalue weighted by Gasteiger charge is -2.29. The third kappa shape index (κ3) is 2.46. The van der Waals surface area contributed by atoms with E-state index in [4.69, 9.17) is 5.11 Å². The van der Waals surface area contributed by atoms with Crippen LogP contribution >= 0.6 is 0 Å². The van der Waals surface area contributed by atoms with Gasteiger partial charge in [-0.2, -0.15) is 0 Å². The summed E-state index contributed by atoms with van der Waals surface area (Å²) >= 11 is 0. The predicted molar refractivity (Wildman–Crippen MR) is 76.3 cm³/mol. The summed E-state index contributed by atoms with van der Waals surface area (Å²) < 4.78 is 0. The molecule has 1 heterocycles. The van der Waals surface area contributed by atoms with Crippen molar-refractivity contribution < 1.29 is 14.7 Å². The molecule has 0 saturated heterocycles. The van der Waals surface area contributed by atoms with E-state index in [0.29, 0.717) is 12.3 Å². The lowest BCUT2D eigenvalue weighted by atomic mass is 9.76. The highest BCUT2D eigenvalue weighted by atomic mass is 16.4. The Morgan fingerprint density at radius 1 is 1.30 bits per heavy atom. The first-order valence-electron chi connectivity index (χ1n) is 7.01. The molecule has 0 unspecified atom stereocenters. The first kappa shape index (κ1) is 12.9. The molecule has 1 aromatic rings. The molecule has 4 heteroatoms. The maximum Gasteiger partial charge on any atom is 0.328 e. The summed E-state index contributed by atoms with van der Waals surface area (Å²) in [6, 6.07) is 5.83. The molecular weight excluding hydrogens is 254 g/mol. The normalized spacial score (nSPS) is 19.0. The molecule has 3 rings (SSSR count). The number of aryl methyl sites for hydroxylation is 1. The van der Waals surface area contributed by atoms with Gasteiger partial charge in [0.05, 0.1) is 0 Å². The van der Waals surface area contributed by atoms with Crippen molar-refractivity contribution in [3.63, 3.8) is 0 Å². The fourth-order valence-corrected chi connectivity index (χ4v) is 2.85. The zero-order valence-electron chi connectivity index (χ0n) is 11.2. The molecule has 1 fully saturated rings. The van der Waals surface area contributed by atoms with Crippen molar-refractivity contribution >= 4 is 23.1 Å². The van der Waals surface area contributed by atoms with Crippen molar-refractivity contribution in [3.05, 3.63) is 35.4 Å². The highest BCUT2D eigenvalue weighted by Crippen LogP contribution is 2.39. The van der Waals surface area contributed by atoms with Gasteiger partial charge in [-0.15, -0.1) is 0 Å². The zero-order valence-corrected chi connectivity index (χ0v) is 11.2. The van der Waals surface area contributed by atoms with E-state index in [0.717, 1.165) is 41.6 Å². The minimum absolute atomic E-state index is 0.0468. The first-order valence-corrected chi connectivity index (χ1v) is 7.01. The van der Waals surface area contributed by atoms with E-state index in [2.05, 4.69) is 5.32 Å². The smallest absolute Gasteiger partial charge is 0.328 e. The van der Waals surface area contributed by atoms with E-state index in [1.165, 1.54) is 12.5 Å². The zero-order chi connectivity index (χ0) is 14.1.